The molecule has 0 radical (unpaired) electrons. The molecule has 0 aliphatic carbocycles. The number of rotatable bonds is 1. The predicted molar refractivity (Wildman–Crippen MR) is 41.0 cm³/mol. The Kier molecular flexibility index (Phi) is 3.35. The second kappa shape index (κ2) is 4.15. The van der Waals surface area contributed by atoms with Crippen molar-refractivity contribution in [1.29, 1.82) is 0 Å². The average Bonchev–Trinajstić information content (AvgIpc) is 2.17. The highest BCUT2D eigenvalue weighted by Crippen LogP contribution is 2.41. The topological polar surface area (TPSA) is 0 Å². The molecule has 1 aromatic rings. The summed E-state index contributed by atoms with van der Waals surface area (Å²) in [5.74, 6) is -6.74. The van der Waals surface area contributed by atoms with Gasteiger partial charge in [-0.3, -0.25) is 0 Å². The van der Waals surface area contributed by atoms with Gasteiger partial charge >= 0.3 is 6.18 Å². The van der Waals surface area contributed by atoms with Crippen molar-refractivity contribution in [2.24, 2.45) is 0 Å². The number of hydrogen-bond donors (Lipinski definition) is 0. The standard InChI is InChI=1S/C9H4F8/c1-2-5(10)3(8(13)14)4(9(15,16)17)7(12)6(2)11/h8H,1H3. The largest absolute Gasteiger partial charge is 0.419 e. The fourth-order valence-electron chi connectivity index (χ4n) is 1.28. The van der Waals surface area contributed by atoms with Crippen molar-refractivity contribution in [2.45, 2.75) is 19.5 Å². The first-order chi connectivity index (χ1) is 7.59. The summed E-state index contributed by atoms with van der Waals surface area (Å²) in [6.07, 6.45) is -9.51. The summed E-state index contributed by atoms with van der Waals surface area (Å²) in [4.78, 5) is 0. The molecule has 0 saturated carbocycles. The van der Waals surface area contributed by atoms with Crippen molar-refractivity contribution >= 4 is 0 Å². The zero-order valence-electron chi connectivity index (χ0n) is 8.10. The van der Waals surface area contributed by atoms with E-state index in [2.05, 4.69) is 0 Å². The Bertz CT molecular complexity index is 446. The van der Waals surface area contributed by atoms with Crippen molar-refractivity contribution in [3.05, 3.63) is 34.1 Å². The molecule has 0 aliphatic rings. The molecule has 0 nitrogen and oxygen atoms in total. The van der Waals surface area contributed by atoms with Gasteiger partial charge in [0.1, 0.15) is 11.4 Å². The summed E-state index contributed by atoms with van der Waals surface area (Å²) in [5, 5.41) is 0. The molecule has 8 heteroatoms. The quantitative estimate of drug-likeness (QED) is 0.522. The lowest BCUT2D eigenvalue weighted by Crippen LogP contribution is -2.17. The van der Waals surface area contributed by atoms with Crippen LogP contribution in [0.4, 0.5) is 35.1 Å². The van der Waals surface area contributed by atoms with Crippen molar-refractivity contribution < 1.29 is 35.1 Å². The molecule has 0 heterocycles. The minimum atomic E-state index is -5.61. The van der Waals surface area contributed by atoms with Gasteiger partial charge in [-0.1, -0.05) is 0 Å². The zero-order chi connectivity index (χ0) is 13.5. The second-order valence-electron chi connectivity index (χ2n) is 3.15. The third-order valence-electron chi connectivity index (χ3n) is 2.08. The Hall–Kier alpha value is -1.34. The molecule has 17 heavy (non-hydrogen) atoms. The van der Waals surface area contributed by atoms with Crippen LogP contribution in [0.1, 0.15) is 23.1 Å². The molecule has 0 atom stereocenters. The molecule has 0 amide bonds. The van der Waals surface area contributed by atoms with Gasteiger partial charge in [-0.05, 0) is 6.92 Å². The summed E-state index contributed by atoms with van der Waals surface area (Å²) < 4.78 is 100. The van der Waals surface area contributed by atoms with Gasteiger partial charge in [0.2, 0.25) is 0 Å². The van der Waals surface area contributed by atoms with E-state index in [0.717, 1.165) is 0 Å². The van der Waals surface area contributed by atoms with Crippen molar-refractivity contribution in [1.82, 2.24) is 0 Å². The first-order valence-electron chi connectivity index (χ1n) is 4.11. The van der Waals surface area contributed by atoms with Crippen molar-refractivity contribution in [3.63, 3.8) is 0 Å². The molecule has 96 valence electrons. The van der Waals surface area contributed by atoms with E-state index in [1.165, 1.54) is 0 Å². The van der Waals surface area contributed by atoms with Crippen LogP contribution < -0.4 is 0 Å². The predicted octanol–water partition coefficient (Wildman–Crippen LogP) is 4.37. The first kappa shape index (κ1) is 13.7. The van der Waals surface area contributed by atoms with Crippen molar-refractivity contribution in [2.75, 3.05) is 0 Å². The van der Waals surface area contributed by atoms with Gasteiger partial charge in [0.15, 0.2) is 11.6 Å². The highest BCUT2D eigenvalue weighted by molar-refractivity contribution is 5.38. The molecule has 0 unspecified atom stereocenters. The Balaban J connectivity index is 3.79. The molecule has 0 saturated heterocycles. The van der Waals surface area contributed by atoms with E-state index in [1.54, 1.807) is 0 Å². The van der Waals surface area contributed by atoms with Crippen molar-refractivity contribution in [3.8, 4) is 0 Å². The third kappa shape index (κ3) is 2.20. The van der Waals surface area contributed by atoms with E-state index >= 15 is 0 Å². The highest BCUT2D eigenvalue weighted by Gasteiger charge is 2.43. The van der Waals surface area contributed by atoms with E-state index in [1.807, 2.05) is 0 Å². The first-order valence-corrected chi connectivity index (χ1v) is 4.11. The van der Waals surface area contributed by atoms with Crippen LogP contribution in [0.2, 0.25) is 0 Å². The average molecular weight is 264 g/mol. The maximum atomic E-state index is 13.1. The lowest BCUT2D eigenvalue weighted by atomic mass is 10.0. The van der Waals surface area contributed by atoms with E-state index in [9.17, 15) is 35.1 Å². The molecule has 0 spiro atoms. The molecule has 1 aromatic carbocycles. The molecule has 0 aliphatic heterocycles. The monoisotopic (exact) mass is 264 g/mol. The van der Waals surface area contributed by atoms with Gasteiger partial charge in [0.05, 0.1) is 5.56 Å². The van der Waals surface area contributed by atoms with Crippen LogP contribution in [-0.4, -0.2) is 0 Å². The summed E-state index contributed by atoms with van der Waals surface area (Å²) >= 11 is 0. The van der Waals surface area contributed by atoms with Gasteiger partial charge in [-0.25, -0.2) is 22.0 Å². The molecular weight excluding hydrogens is 260 g/mol. The van der Waals surface area contributed by atoms with Crippen LogP contribution in [-0.2, 0) is 6.18 Å². The Morgan fingerprint density at radius 3 is 1.71 bits per heavy atom. The SMILES string of the molecule is Cc1c(F)c(F)c(C(F)(F)F)c(C(F)F)c1F. The van der Waals surface area contributed by atoms with Gasteiger partial charge in [0.25, 0.3) is 6.43 Å². The minimum Gasteiger partial charge on any atom is -0.206 e. The Morgan fingerprint density at radius 2 is 1.35 bits per heavy atom. The lowest BCUT2D eigenvalue weighted by molar-refractivity contribution is -0.142. The minimum absolute atomic E-state index is 0.569. The van der Waals surface area contributed by atoms with E-state index in [-0.39, 0.29) is 0 Å². The van der Waals surface area contributed by atoms with Crippen LogP contribution >= 0.6 is 0 Å². The maximum Gasteiger partial charge on any atom is 0.419 e. The highest BCUT2D eigenvalue weighted by atomic mass is 19.4. The third-order valence-corrected chi connectivity index (χ3v) is 2.08. The van der Waals surface area contributed by atoms with Gasteiger partial charge in [-0.15, -0.1) is 0 Å². The number of benzene rings is 1. The lowest BCUT2D eigenvalue weighted by Gasteiger charge is -2.16. The molecule has 0 fully saturated rings. The van der Waals surface area contributed by atoms with Crippen LogP contribution in [0, 0.1) is 24.4 Å². The molecule has 1 rings (SSSR count). The van der Waals surface area contributed by atoms with Gasteiger partial charge in [-0.2, -0.15) is 13.2 Å². The number of alkyl halides is 5. The number of hydrogen-bond acceptors (Lipinski definition) is 0. The van der Waals surface area contributed by atoms with E-state index in [0.29, 0.717) is 6.92 Å². The molecule has 0 N–H and O–H groups in total. The smallest absolute Gasteiger partial charge is 0.206 e. The van der Waals surface area contributed by atoms with Gasteiger partial charge < -0.3 is 0 Å². The Morgan fingerprint density at radius 1 is 0.882 bits per heavy atom. The maximum absolute atomic E-state index is 13.1. The van der Waals surface area contributed by atoms with E-state index < -0.39 is 46.7 Å². The summed E-state index contributed by atoms with van der Waals surface area (Å²) in [6.45, 7) is 0.569. The van der Waals surface area contributed by atoms with Crippen LogP contribution in [0.3, 0.4) is 0 Å². The van der Waals surface area contributed by atoms with Crippen LogP contribution in [0.5, 0.6) is 0 Å². The molecule has 0 aromatic heterocycles. The normalized spacial score (nSPS) is 12.4. The molecular formula is C9H4F8. The van der Waals surface area contributed by atoms with Gasteiger partial charge in [0, 0.05) is 5.56 Å². The van der Waals surface area contributed by atoms with Crippen LogP contribution in [0.25, 0.3) is 0 Å². The fraction of sp³-hybridized carbons (Fsp3) is 0.333. The summed E-state index contributed by atoms with van der Waals surface area (Å²) in [6, 6.07) is 0. The zero-order valence-corrected chi connectivity index (χ0v) is 8.10. The fourth-order valence-corrected chi connectivity index (χ4v) is 1.28. The number of halogens is 8. The Labute approximate surface area is 89.9 Å². The summed E-state index contributed by atoms with van der Waals surface area (Å²) in [7, 11) is 0. The molecule has 0 bridgehead atoms. The van der Waals surface area contributed by atoms with Crippen LogP contribution in [0.15, 0.2) is 0 Å². The summed E-state index contributed by atoms with van der Waals surface area (Å²) in [5.41, 5.74) is -5.99. The van der Waals surface area contributed by atoms with E-state index in [4.69, 9.17) is 0 Å². The second-order valence-corrected chi connectivity index (χ2v) is 3.15.